The Balaban J connectivity index is 1.72. The molecule has 94 valence electrons. The van der Waals surface area contributed by atoms with Crippen LogP contribution in [0.3, 0.4) is 0 Å². The lowest BCUT2D eigenvalue weighted by Gasteiger charge is -2.41. The fourth-order valence-corrected chi connectivity index (χ4v) is 2.74. The highest BCUT2D eigenvalue weighted by molar-refractivity contribution is 4.86. The summed E-state index contributed by atoms with van der Waals surface area (Å²) in [7, 11) is 2.24. The molecule has 2 atom stereocenters. The van der Waals surface area contributed by atoms with E-state index in [-0.39, 0.29) is 0 Å². The van der Waals surface area contributed by atoms with Gasteiger partial charge in [-0.1, -0.05) is 6.92 Å². The van der Waals surface area contributed by atoms with Crippen LogP contribution in [0.4, 0.5) is 0 Å². The predicted molar refractivity (Wildman–Crippen MR) is 66.6 cm³/mol. The average molecular weight is 226 g/mol. The van der Waals surface area contributed by atoms with Crippen molar-refractivity contribution >= 4 is 0 Å². The molecule has 0 saturated carbocycles. The van der Waals surface area contributed by atoms with Crippen LogP contribution in [0.5, 0.6) is 0 Å². The molecule has 0 aromatic heterocycles. The van der Waals surface area contributed by atoms with Crippen LogP contribution in [0.15, 0.2) is 0 Å². The van der Waals surface area contributed by atoms with Gasteiger partial charge in [-0.3, -0.25) is 0 Å². The Morgan fingerprint density at radius 3 is 2.81 bits per heavy atom. The van der Waals surface area contributed by atoms with Gasteiger partial charge >= 0.3 is 0 Å². The largest absolute Gasteiger partial charge is 0.380 e. The van der Waals surface area contributed by atoms with E-state index in [9.17, 15) is 0 Å². The maximum Gasteiger partial charge on any atom is 0.0554 e. The second-order valence-corrected chi connectivity index (χ2v) is 6.14. The summed E-state index contributed by atoms with van der Waals surface area (Å²) >= 11 is 0. The molecule has 16 heavy (non-hydrogen) atoms. The predicted octanol–water partition coefficient (Wildman–Crippen LogP) is 1.34. The van der Waals surface area contributed by atoms with Crippen molar-refractivity contribution < 1.29 is 4.74 Å². The number of hydrogen-bond donors (Lipinski definition) is 1. The van der Waals surface area contributed by atoms with Gasteiger partial charge in [-0.2, -0.15) is 0 Å². The first-order chi connectivity index (χ1) is 7.59. The van der Waals surface area contributed by atoms with Crippen molar-refractivity contribution in [2.75, 3.05) is 39.9 Å². The van der Waals surface area contributed by atoms with Crippen molar-refractivity contribution in [1.82, 2.24) is 10.2 Å². The minimum absolute atomic E-state index is 0.398. The van der Waals surface area contributed by atoms with Gasteiger partial charge in [0.05, 0.1) is 13.2 Å². The molecule has 2 aliphatic rings. The minimum Gasteiger partial charge on any atom is -0.380 e. The monoisotopic (exact) mass is 226 g/mol. The molecule has 2 saturated heterocycles. The summed E-state index contributed by atoms with van der Waals surface area (Å²) in [6.45, 7) is 10.1. The Morgan fingerprint density at radius 2 is 2.25 bits per heavy atom. The minimum atomic E-state index is 0.398. The summed E-state index contributed by atoms with van der Waals surface area (Å²) < 4.78 is 5.28. The summed E-state index contributed by atoms with van der Waals surface area (Å²) in [4.78, 5) is 2.46. The fourth-order valence-electron chi connectivity index (χ4n) is 2.74. The standard InChI is InChI=1S/C13H26N2O/c1-11(12-5-4-6-15(3)7-12)14-8-13(2)9-16-10-13/h11-12,14H,4-10H2,1-3H3. The van der Waals surface area contributed by atoms with Gasteiger partial charge in [-0.05, 0) is 39.3 Å². The molecule has 2 rings (SSSR count). The van der Waals surface area contributed by atoms with Crippen LogP contribution < -0.4 is 5.32 Å². The molecule has 2 heterocycles. The molecule has 0 spiro atoms. The second-order valence-electron chi connectivity index (χ2n) is 6.14. The fraction of sp³-hybridized carbons (Fsp3) is 1.00. The first-order valence-electron chi connectivity index (χ1n) is 6.59. The van der Waals surface area contributed by atoms with E-state index in [1.54, 1.807) is 0 Å². The van der Waals surface area contributed by atoms with Crippen molar-refractivity contribution in [3.8, 4) is 0 Å². The lowest BCUT2D eigenvalue weighted by molar-refractivity contribution is -0.101. The van der Waals surface area contributed by atoms with E-state index in [1.807, 2.05) is 0 Å². The van der Waals surface area contributed by atoms with E-state index >= 15 is 0 Å². The number of rotatable bonds is 4. The third-order valence-corrected chi connectivity index (χ3v) is 4.12. The van der Waals surface area contributed by atoms with Crippen LogP contribution in [0, 0.1) is 11.3 Å². The third-order valence-electron chi connectivity index (χ3n) is 4.12. The Morgan fingerprint density at radius 1 is 1.50 bits per heavy atom. The first kappa shape index (κ1) is 12.3. The van der Waals surface area contributed by atoms with Gasteiger partial charge in [0.15, 0.2) is 0 Å². The van der Waals surface area contributed by atoms with Gasteiger partial charge in [0.1, 0.15) is 0 Å². The summed E-state index contributed by atoms with van der Waals surface area (Å²) in [6, 6.07) is 0.639. The SMILES string of the molecule is CC(NCC1(C)COC1)C1CCCN(C)C1. The van der Waals surface area contributed by atoms with Gasteiger partial charge in [-0.25, -0.2) is 0 Å². The number of hydrogen-bond acceptors (Lipinski definition) is 3. The van der Waals surface area contributed by atoms with Crippen molar-refractivity contribution in [2.24, 2.45) is 11.3 Å². The van der Waals surface area contributed by atoms with Crippen LogP contribution in [-0.2, 0) is 4.74 Å². The highest BCUT2D eigenvalue weighted by Crippen LogP contribution is 2.26. The lowest BCUT2D eigenvalue weighted by Crippen LogP contribution is -2.51. The maximum atomic E-state index is 5.28. The molecular formula is C13H26N2O. The van der Waals surface area contributed by atoms with Crippen LogP contribution in [-0.4, -0.2) is 50.8 Å². The maximum absolute atomic E-state index is 5.28. The van der Waals surface area contributed by atoms with Crippen molar-refractivity contribution in [2.45, 2.75) is 32.7 Å². The molecule has 0 aromatic carbocycles. The lowest BCUT2D eigenvalue weighted by atomic mass is 9.86. The van der Waals surface area contributed by atoms with Crippen molar-refractivity contribution in [3.63, 3.8) is 0 Å². The Kier molecular flexibility index (Phi) is 3.88. The summed E-state index contributed by atoms with van der Waals surface area (Å²) in [5.41, 5.74) is 0.398. The first-order valence-corrected chi connectivity index (χ1v) is 6.59. The van der Waals surface area contributed by atoms with Crippen LogP contribution in [0.1, 0.15) is 26.7 Å². The second kappa shape index (κ2) is 5.03. The zero-order chi connectivity index (χ0) is 11.6. The topological polar surface area (TPSA) is 24.5 Å². The third kappa shape index (κ3) is 2.96. The zero-order valence-electron chi connectivity index (χ0n) is 11.0. The van der Waals surface area contributed by atoms with E-state index in [4.69, 9.17) is 4.74 Å². The number of nitrogens with zero attached hydrogens (tertiary/aromatic N) is 1. The Bertz CT molecular complexity index is 228. The van der Waals surface area contributed by atoms with Crippen molar-refractivity contribution in [1.29, 1.82) is 0 Å². The molecule has 0 amide bonds. The number of ether oxygens (including phenoxy) is 1. The Labute approximate surface area is 99.5 Å². The molecule has 2 aliphatic heterocycles. The highest BCUT2D eigenvalue weighted by Gasteiger charge is 2.34. The van der Waals surface area contributed by atoms with Gasteiger partial charge in [-0.15, -0.1) is 0 Å². The Hall–Kier alpha value is -0.120. The van der Waals surface area contributed by atoms with Gasteiger partial charge in [0.2, 0.25) is 0 Å². The number of nitrogens with one attached hydrogen (secondary N) is 1. The van der Waals surface area contributed by atoms with E-state index in [0.29, 0.717) is 11.5 Å². The molecule has 2 unspecified atom stereocenters. The molecular weight excluding hydrogens is 200 g/mol. The molecule has 0 aromatic rings. The summed E-state index contributed by atoms with van der Waals surface area (Å²) in [5, 5.41) is 3.71. The van der Waals surface area contributed by atoms with Crippen LogP contribution >= 0.6 is 0 Å². The summed E-state index contributed by atoms with van der Waals surface area (Å²) in [6.07, 6.45) is 2.74. The molecule has 2 fully saturated rings. The van der Waals surface area contributed by atoms with Gasteiger partial charge < -0.3 is 15.0 Å². The van der Waals surface area contributed by atoms with E-state index in [0.717, 1.165) is 25.7 Å². The van der Waals surface area contributed by atoms with Crippen LogP contribution in [0.2, 0.25) is 0 Å². The smallest absolute Gasteiger partial charge is 0.0554 e. The molecule has 3 nitrogen and oxygen atoms in total. The van der Waals surface area contributed by atoms with Gasteiger partial charge in [0, 0.05) is 24.5 Å². The van der Waals surface area contributed by atoms with E-state index < -0.39 is 0 Å². The molecule has 0 aliphatic carbocycles. The quantitative estimate of drug-likeness (QED) is 0.783. The molecule has 3 heteroatoms. The normalized spacial score (nSPS) is 32.1. The average Bonchev–Trinajstić information content (AvgIpc) is 2.23. The highest BCUT2D eigenvalue weighted by atomic mass is 16.5. The van der Waals surface area contributed by atoms with E-state index in [2.05, 4.69) is 31.1 Å². The van der Waals surface area contributed by atoms with Crippen LogP contribution in [0.25, 0.3) is 0 Å². The van der Waals surface area contributed by atoms with E-state index in [1.165, 1.54) is 25.9 Å². The molecule has 0 bridgehead atoms. The molecule has 1 N–H and O–H groups in total. The van der Waals surface area contributed by atoms with Crippen molar-refractivity contribution in [3.05, 3.63) is 0 Å². The zero-order valence-corrected chi connectivity index (χ0v) is 11.0. The molecule has 0 radical (unpaired) electrons. The number of likely N-dealkylation sites (tertiary alicyclic amines) is 1. The van der Waals surface area contributed by atoms with Gasteiger partial charge in [0.25, 0.3) is 0 Å². The number of piperidine rings is 1. The summed E-state index contributed by atoms with van der Waals surface area (Å²) in [5.74, 6) is 0.823.